The van der Waals surface area contributed by atoms with Gasteiger partial charge in [0.2, 0.25) is 0 Å². The lowest BCUT2D eigenvalue weighted by Crippen LogP contribution is -2.29. The highest BCUT2D eigenvalue weighted by atomic mass is 32.1. The van der Waals surface area contributed by atoms with Crippen molar-refractivity contribution in [2.75, 3.05) is 13.1 Å². The molecule has 1 amide bonds. The molecule has 0 saturated carbocycles. The molecule has 0 bridgehead atoms. The normalized spacial score (nSPS) is 26.9. The molecular formula is C10H14N2OS. The molecule has 3 nitrogen and oxygen atoms in total. The first-order chi connectivity index (χ1) is 6.68. The zero-order chi connectivity index (χ0) is 10.1. The highest BCUT2D eigenvalue weighted by Gasteiger charge is 2.30. The van der Waals surface area contributed by atoms with Crippen LogP contribution in [0.25, 0.3) is 0 Å². The Morgan fingerprint density at radius 3 is 2.64 bits per heavy atom. The van der Waals surface area contributed by atoms with Crippen LogP contribution >= 0.6 is 11.3 Å². The van der Waals surface area contributed by atoms with E-state index in [2.05, 4.69) is 18.8 Å². The van der Waals surface area contributed by atoms with Gasteiger partial charge in [-0.05, 0) is 11.8 Å². The second-order valence-electron chi connectivity index (χ2n) is 4.04. The first-order valence-corrected chi connectivity index (χ1v) is 5.80. The molecule has 0 aromatic carbocycles. The van der Waals surface area contributed by atoms with Gasteiger partial charge in [-0.25, -0.2) is 4.98 Å². The Labute approximate surface area is 87.8 Å². The summed E-state index contributed by atoms with van der Waals surface area (Å²) in [6.45, 7) is 6.13. The fourth-order valence-corrected chi connectivity index (χ4v) is 2.30. The maximum absolute atomic E-state index is 11.9. The molecule has 14 heavy (non-hydrogen) atoms. The van der Waals surface area contributed by atoms with Gasteiger partial charge in [0.25, 0.3) is 5.91 Å². The number of likely N-dealkylation sites (tertiary alicyclic amines) is 1. The molecule has 2 unspecified atom stereocenters. The zero-order valence-electron chi connectivity index (χ0n) is 8.43. The Balaban J connectivity index is 2.07. The topological polar surface area (TPSA) is 33.2 Å². The monoisotopic (exact) mass is 210 g/mol. The lowest BCUT2D eigenvalue weighted by molar-refractivity contribution is 0.0780. The van der Waals surface area contributed by atoms with E-state index in [9.17, 15) is 4.79 Å². The summed E-state index contributed by atoms with van der Waals surface area (Å²) < 4.78 is 0. The van der Waals surface area contributed by atoms with E-state index in [0.29, 0.717) is 17.5 Å². The molecule has 1 aliphatic rings. The molecule has 2 heterocycles. The van der Waals surface area contributed by atoms with Gasteiger partial charge in [0.15, 0.2) is 0 Å². The number of hydrogen-bond acceptors (Lipinski definition) is 3. The summed E-state index contributed by atoms with van der Waals surface area (Å²) in [5, 5.41) is 1.82. The maximum Gasteiger partial charge on any atom is 0.273 e. The summed E-state index contributed by atoms with van der Waals surface area (Å²) in [6, 6.07) is 0. The second-order valence-corrected chi connectivity index (χ2v) is 4.76. The summed E-state index contributed by atoms with van der Waals surface area (Å²) in [5.41, 5.74) is 2.30. The molecule has 2 atom stereocenters. The zero-order valence-corrected chi connectivity index (χ0v) is 9.25. The molecule has 1 aliphatic heterocycles. The van der Waals surface area contributed by atoms with Gasteiger partial charge < -0.3 is 4.90 Å². The van der Waals surface area contributed by atoms with Crippen molar-refractivity contribution in [2.45, 2.75) is 13.8 Å². The van der Waals surface area contributed by atoms with Gasteiger partial charge in [-0.2, -0.15) is 0 Å². The molecule has 0 aliphatic carbocycles. The van der Waals surface area contributed by atoms with Crippen LogP contribution in [0.5, 0.6) is 0 Å². The van der Waals surface area contributed by atoms with Gasteiger partial charge in [-0.3, -0.25) is 4.79 Å². The van der Waals surface area contributed by atoms with Crippen molar-refractivity contribution in [3.8, 4) is 0 Å². The molecular weight excluding hydrogens is 196 g/mol. The molecule has 4 heteroatoms. The molecule has 76 valence electrons. The van der Waals surface area contributed by atoms with Crippen molar-refractivity contribution >= 4 is 17.2 Å². The van der Waals surface area contributed by atoms with Crippen LogP contribution in [0.3, 0.4) is 0 Å². The van der Waals surface area contributed by atoms with Crippen molar-refractivity contribution in [1.82, 2.24) is 9.88 Å². The van der Waals surface area contributed by atoms with E-state index >= 15 is 0 Å². The molecule has 1 aromatic heterocycles. The van der Waals surface area contributed by atoms with Crippen LogP contribution in [0.2, 0.25) is 0 Å². The fourth-order valence-electron chi connectivity index (χ4n) is 1.78. The molecule has 1 fully saturated rings. The lowest BCUT2D eigenvalue weighted by Gasteiger charge is -2.13. The van der Waals surface area contributed by atoms with Crippen LogP contribution in [0, 0.1) is 11.8 Å². The van der Waals surface area contributed by atoms with Gasteiger partial charge in [0.1, 0.15) is 5.69 Å². The Morgan fingerprint density at radius 1 is 1.50 bits per heavy atom. The van der Waals surface area contributed by atoms with Crippen LogP contribution in [0.15, 0.2) is 10.9 Å². The SMILES string of the molecule is CC1CN(C(=O)c2cscn2)CC1C. The summed E-state index contributed by atoms with van der Waals surface area (Å²) in [7, 11) is 0. The van der Waals surface area contributed by atoms with Crippen LogP contribution in [0.1, 0.15) is 24.3 Å². The summed E-state index contributed by atoms with van der Waals surface area (Å²) in [4.78, 5) is 17.8. The first kappa shape index (κ1) is 9.65. The predicted molar refractivity (Wildman–Crippen MR) is 56.3 cm³/mol. The summed E-state index contributed by atoms with van der Waals surface area (Å²) in [5.74, 6) is 1.30. The maximum atomic E-state index is 11.9. The van der Waals surface area contributed by atoms with E-state index in [1.54, 1.807) is 5.51 Å². The van der Waals surface area contributed by atoms with E-state index in [-0.39, 0.29) is 5.91 Å². The minimum atomic E-state index is 0.0856. The third-order valence-corrected chi connectivity index (χ3v) is 3.51. The molecule has 2 rings (SSSR count). The second kappa shape index (κ2) is 3.69. The van der Waals surface area contributed by atoms with E-state index in [1.165, 1.54) is 11.3 Å². The number of hydrogen-bond donors (Lipinski definition) is 0. The molecule has 0 N–H and O–H groups in total. The quantitative estimate of drug-likeness (QED) is 0.709. The Morgan fingerprint density at radius 2 is 2.14 bits per heavy atom. The van der Waals surface area contributed by atoms with Crippen molar-refractivity contribution in [3.05, 3.63) is 16.6 Å². The smallest absolute Gasteiger partial charge is 0.273 e. The Bertz CT molecular complexity index is 313. The highest BCUT2D eigenvalue weighted by molar-refractivity contribution is 7.07. The predicted octanol–water partition coefficient (Wildman–Crippen LogP) is 1.87. The number of nitrogens with zero attached hydrogens (tertiary/aromatic N) is 2. The van der Waals surface area contributed by atoms with E-state index in [4.69, 9.17) is 0 Å². The average Bonchev–Trinajstić information content (AvgIpc) is 2.76. The number of aromatic nitrogens is 1. The van der Waals surface area contributed by atoms with Gasteiger partial charge in [-0.15, -0.1) is 11.3 Å². The first-order valence-electron chi connectivity index (χ1n) is 4.86. The molecule has 1 saturated heterocycles. The van der Waals surface area contributed by atoms with Crippen molar-refractivity contribution in [2.24, 2.45) is 11.8 Å². The van der Waals surface area contributed by atoms with Crippen LogP contribution in [-0.4, -0.2) is 28.9 Å². The van der Waals surface area contributed by atoms with Crippen LogP contribution in [-0.2, 0) is 0 Å². The largest absolute Gasteiger partial charge is 0.337 e. The summed E-state index contributed by atoms with van der Waals surface area (Å²) in [6.07, 6.45) is 0. The van der Waals surface area contributed by atoms with Crippen molar-refractivity contribution in [1.29, 1.82) is 0 Å². The number of rotatable bonds is 1. The third-order valence-electron chi connectivity index (χ3n) is 2.93. The molecule has 0 spiro atoms. The van der Waals surface area contributed by atoms with Crippen molar-refractivity contribution < 1.29 is 4.79 Å². The lowest BCUT2D eigenvalue weighted by atomic mass is 10.0. The molecule has 0 radical (unpaired) electrons. The van der Waals surface area contributed by atoms with Crippen LogP contribution < -0.4 is 0 Å². The minimum absolute atomic E-state index is 0.0856. The number of carbonyl (C=O) groups excluding carboxylic acids is 1. The van der Waals surface area contributed by atoms with Gasteiger partial charge in [-0.1, -0.05) is 13.8 Å². The highest BCUT2D eigenvalue weighted by Crippen LogP contribution is 2.23. The Kier molecular flexibility index (Phi) is 2.54. The van der Waals surface area contributed by atoms with E-state index in [0.717, 1.165) is 13.1 Å². The van der Waals surface area contributed by atoms with Crippen molar-refractivity contribution in [3.63, 3.8) is 0 Å². The number of thiazole rings is 1. The van der Waals surface area contributed by atoms with Gasteiger partial charge in [0, 0.05) is 18.5 Å². The van der Waals surface area contributed by atoms with Gasteiger partial charge >= 0.3 is 0 Å². The van der Waals surface area contributed by atoms with E-state index < -0.39 is 0 Å². The number of amides is 1. The Hall–Kier alpha value is -0.900. The molecule has 1 aromatic rings. The van der Waals surface area contributed by atoms with Crippen LogP contribution in [0.4, 0.5) is 0 Å². The summed E-state index contributed by atoms with van der Waals surface area (Å²) >= 11 is 1.47. The van der Waals surface area contributed by atoms with E-state index in [1.807, 2.05) is 10.3 Å². The minimum Gasteiger partial charge on any atom is -0.337 e. The van der Waals surface area contributed by atoms with Gasteiger partial charge in [0.05, 0.1) is 5.51 Å². The number of carbonyl (C=O) groups is 1. The third kappa shape index (κ3) is 1.66. The average molecular weight is 210 g/mol. The standard InChI is InChI=1S/C10H14N2OS/c1-7-3-12(4-8(7)2)10(13)9-5-14-6-11-9/h5-8H,3-4H2,1-2H3. The fraction of sp³-hybridized carbons (Fsp3) is 0.600.